The Hall–Kier alpha value is -2.94. The molecule has 2 heterocycles. The number of carbonyl (C=O) groups excluding carboxylic acids is 2. The third kappa shape index (κ3) is 6.01. The summed E-state index contributed by atoms with van der Waals surface area (Å²) in [5.41, 5.74) is 0.315. The van der Waals surface area contributed by atoms with Crippen molar-refractivity contribution in [2.75, 3.05) is 29.9 Å². The fourth-order valence-electron chi connectivity index (χ4n) is 4.60. The van der Waals surface area contributed by atoms with Gasteiger partial charge in [0.1, 0.15) is 17.9 Å². The fraction of sp³-hybridized carbons (Fsp3) is 0.440. The molecule has 0 bridgehead atoms. The molecule has 188 valence electrons. The van der Waals surface area contributed by atoms with Gasteiger partial charge < -0.3 is 19.9 Å². The summed E-state index contributed by atoms with van der Waals surface area (Å²) in [5, 5.41) is 3.14. The van der Waals surface area contributed by atoms with Crippen LogP contribution in [0.15, 0.2) is 42.5 Å². The van der Waals surface area contributed by atoms with E-state index in [1.54, 1.807) is 29.2 Å². The number of amides is 2. The number of hydrogen-bond donors (Lipinski definition) is 1. The lowest BCUT2D eigenvalue weighted by atomic mass is 10.0. The van der Waals surface area contributed by atoms with Crippen molar-refractivity contribution >= 4 is 34.8 Å². The van der Waals surface area contributed by atoms with Crippen LogP contribution < -0.4 is 15.0 Å². The van der Waals surface area contributed by atoms with Crippen LogP contribution in [0.1, 0.15) is 38.2 Å². The van der Waals surface area contributed by atoms with Gasteiger partial charge in [0, 0.05) is 37.8 Å². The molecule has 2 aromatic rings. The second-order valence-electron chi connectivity index (χ2n) is 8.88. The van der Waals surface area contributed by atoms with Gasteiger partial charge in [-0.1, -0.05) is 17.7 Å². The second kappa shape index (κ2) is 10.4. The highest BCUT2D eigenvalue weighted by Crippen LogP contribution is 2.34. The highest BCUT2D eigenvalue weighted by molar-refractivity contribution is 6.32. The first-order chi connectivity index (χ1) is 16.6. The van der Waals surface area contributed by atoms with E-state index in [4.69, 9.17) is 16.3 Å². The summed E-state index contributed by atoms with van der Waals surface area (Å²) in [6.45, 7) is 3.02. The number of anilines is 2. The monoisotopic (exact) mass is 509 g/mol. The zero-order valence-corrected chi connectivity index (χ0v) is 20.0. The predicted molar refractivity (Wildman–Crippen MR) is 128 cm³/mol. The summed E-state index contributed by atoms with van der Waals surface area (Å²) in [4.78, 5) is 28.1. The minimum absolute atomic E-state index is 0.123. The van der Waals surface area contributed by atoms with E-state index in [1.165, 1.54) is 13.0 Å². The largest absolute Gasteiger partial charge is 0.487 e. The molecular weight excluding hydrogens is 483 g/mol. The molecule has 10 heteroatoms. The quantitative estimate of drug-likeness (QED) is 0.590. The normalized spacial score (nSPS) is 20.6. The van der Waals surface area contributed by atoms with Crippen LogP contribution in [0.2, 0.25) is 5.02 Å². The number of alkyl halides is 3. The molecule has 6 nitrogen and oxygen atoms in total. The van der Waals surface area contributed by atoms with Crippen molar-refractivity contribution in [1.82, 2.24) is 4.90 Å². The lowest BCUT2D eigenvalue weighted by molar-refractivity contribution is -0.138. The molecule has 0 aromatic heterocycles. The Morgan fingerprint density at radius 1 is 1.09 bits per heavy atom. The standard InChI is InChI=1S/C25H27ClF3N3O3/c1-16(33)32-11-3-2-7-22(32)24(34)30-18-8-9-23(21(26)14-18)35-20-10-12-31(15-20)19-6-4-5-17(13-19)25(27,28)29/h4-6,8-9,13-14,20,22H,2-3,7,10-12,15H2,1H3,(H,30,34)/t20-,22+/m0/s1. The number of rotatable bonds is 5. The van der Waals surface area contributed by atoms with Crippen LogP contribution in [0.25, 0.3) is 0 Å². The summed E-state index contributed by atoms with van der Waals surface area (Å²) in [6.07, 6.45) is -1.62. The van der Waals surface area contributed by atoms with Gasteiger partial charge in [0.15, 0.2) is 0 Å². The summed E-state index contributed by atoms with van der Waals surface area (Å²) in [6, 6.07) is 9.69. The number of hydrogen-bond acceptors (Lipinski definition) is 4. The fourth-order valence-corrected chi connectivity index (χ4v) is 4.82. The van der Waals surface area contributed by atoms with Crippen molar-refractivity contribution in [3.05, 3.63) is 53.1 Å². The van der Waals surface area contributed by atoms with E-state index in [1.807, 2.05) is 4.90 Å². The molecular formula is C25H27ClF3N3O3. The Bertz CT molecular complexity index is 1100. The number of ether oxygens (including phenoxy) is 1. The smallest absolute Gasteiger partial charge is 0.416 e. The molecule has 2 fully saturated rings. The van der Waals surface area contributed by atoms with Crippen LogP contribution >= 0.6 is 11.6 Å². The van der Waals surface area contributed by atoms with Crippen molar-refractivity contribution < 1.29 is 27.5 Å². The van der Waals surface area contributed by atoms with Gasteiger partial charge in [0.2, 0.25) is 11.8 Å². The molecule has 2 amide bonds. The van der Waals surface area contributed by atoms with Crippen LogP contribution in [-0.4, -0.2) is 48.5 Å². The lowest BCUT2D eigenvalue weighted by Gasteiger charge is -2.33. The highest BCUT2D eigenvalue weighted by Gasteiger charge is 2.33. The maximum Gasteiger partial charge on any atom is 0.416 e. The van der Waals surface area contributed by atoms with E-state index in [0.29, 0.717) is 54.6 Å². The number of benzene rings is 2. The molecule has 0 aliphatic carbocycles. The Labute approximate surface area is 207 Å². The number of nitrogens with one attached hydrogen (secondary N) is 1. The molecule has 2 aliphatic rings. The minimum Gasteiger partial charge on any atom is -0.487 e. The van der Waals surface area contributed by atoms with E-state index in [-0.39, 0.29) is 17.9 Å². The van der Waals surface area contributed by atoms with Crippen molar-refractivity contribution in [2.45, 2.75) is 50.9 Å². The Morgan fingerprint density at radius 3 is 2.60 bits per heavy atom. The SMILES string of the molecule is CC(=O)N1CCCC[C@@H]1C(=O)Nc1ccc(O[C@H]2CCN(c3cccc(C(F)(F)F)c3)C2)c(Cl)c1. The van der Waals surface area contributed by atoms with Crippen LogP contribution in [0.3, 0.4) is 0 Å². The van der Waals surface area contributed by atoms with Crippen molar-refractivity contribution in [3.63, 3.8) is 0 Å². The summed E-state index contributed by atoms with van der Waals surface area (Å²) < 4.78 is 45.1. The molecule has 4 rings (SSSR count). The molecule has 2 atom stereocenters. The molecule has 2 aliphatic heterocycles. The minimum atomic E-state index is -4.39. The van der Waals surface area contributed by atoms with Gasteiger partial charge in [-0.25, -0.2) is 0 Å². The van der Waals surface area contributed by atoms with Crippen molar-refractivity contribution in [1.29, 1.82) is 0 Å². The van der Waals surface area contributed by atoms with E-state index in [9.17, 15) is 22.8 Å². The maximum atomic E-state index is 13.0. The second-order valence-corrected chi connectivity index (χ2v) is 9.29. The third-order valence-electron chi connectivity index (χ3n) is 6.39. The van der Waals surface area contributed by atoms with Crippen LogP contribution in [0.4, 0.5) is 24.5 Å². The average molecular weight is 510 g/mol. The predicted octanol–water partition coefficient (Wildman–Crippen LogP) is 5.36. The van der Waals surface area contributed by atoms with Gasteiger partial charge in [-0.15, -0.1) is 0 Å². The van der Waals surface area contributed by atoms with E-state index in [2.05, 4.69) is 5.32 Å². The first-order valence-electron chi connectivity index (χ1n) is 11.6. The summed E-state index contributed by atoms with van der Waals surface area (Å²) in [7, 11) is 0. The number of nitrogens with zero attached hydrogens (tertiary/aromatic N) is 2. The molecule has 0 radical (unpaired) electrons. The van der Waals surface area contributed by atoms with E-state index < -0.39 is 17.8 Å². The zero-order valence-electron chi connectivity index (χ0n) is 19.3. The first-order valence-corrected chi connectivity index (χ1v) is 12.0. The molecule has 0 unspecified atom stereocenters. The number of piperidine rings is 1. The average Bonchev–Trinajstić information content (AvgIpc) is 3.29. The van der Waals surface area contributed by atoms with Gasteiger partial charge in [-0.2, -0.15) is 13.2 Å². The molecule has 0 spiro atoms. The zero-order chi connectivity index (χ0) is 25.2. The van der Waals surface area contributed by atoms with Crippen molar-refractivity contribution in [2.24, 2.45) is 0 Å². The molecule has 1 N–H and O–H groups in total. The van der Waals surface area contributed by atoms with Crippen molar-refractivity contribution in [3.8, 4) is 5.75 Å². The number of halogens is 4. The van der Waals surface area contributed by atoms with Gasteiger partial charge in [0.05, 0.1) is 17.1 Å². The lowest BCUT2D eigenvalue weighted by Crippen LogP contribution is -2.49. The first kappa shape index (κ1) is 25.2. The van der Waals surface area contributed by atoms with Gasteiger partial charge in [-0.05, 0) is 55.7 Å². The van der Waals surface area contributed by atoms with Crippen LogP contribution in [-0.2, 0) is 15.8 Å². The summed E-state index contributed by atoms with van der Waals surface area (Å²) >= 11 is 6.40. The maximum absolute atomic E-state index is 13.0. The van der Waals surface area contributed by atoms with E-state index >= 15 is 0 Å². The van der Waals surface area contributed by atoms with Crippen LogP contribution in [0, 0.1) is 0 Å². The molecule has 0 saturated carbocycles. The topological polar surface area (TPSA) is 61.9 Å². The Balaban J connectivity index is 1.36. The Kier molecular flexibility index (Phi) is 7.44. The third-order valence-corrected chi connectivity index (χ3v) is 6.68. The Morgan fingerprint density at radius 2 is 1.89 bits per heavy atom. The number of likely N-dealkylation sites (tertiary alicyclic amines) is 1. The van der Waals surface area contributed by atoms with Crippen LogP contribution in [0.5, 0.6) is 5.75 Å². The van der Waals surface area contributed by atoms with Gasteiger partial charge in [-0.3, -0.25) is 9.59 Å². The number of carbonyl (C=O) groups is 2. The van der Waals surface area contributed by atoms with E-state index in [0.717, 1.165) is 25.0 Å². The highest BCUT2D eigenvalue weighted by atomic mass is 35.5. The van der Waals surface area contributed by atoms with Gasteiger partial charge >= 0.3 is 6.18 Å². The van der Waals surface area contributed by atoms with Gasteiger partial charge in [0.25, 0.3) is 0 Å². The molecule has 2 aromatic carbocycles. The summed E-state index contributed by atoms with van der Waals surface area (Å²) in [5.74, 6) is 0.0584. The molecule has 35 heavy (non-hydrogen) atoms. The molecule has 2 saturated heterocycles.